The summed E-state index contributed by atoms with van der Waals surface area (Å²) in [6.45, 7) is 0. The van der Waals surface area contributed by atoms with Crippen molar-refractivity contribution in [1.82, 2.24) is 20.5 Å². The lowest BCUT2D eigenvalue weighted by atomic mass is 10.2. The van der Waals surface area contributed by atoms with Crippen LogP contribution in [0, 0.1) is 17.3 Å². The van der Waals surface area contributed by atoms with Crippen molar-refractivity contribution in [1.29, 1.82) is 5.26 Å². The first-order chi connectivity index (χ1) is 12.2. The number of hydrogen-bond donors (Lipinski definition) is 1. The van der Waals surface area contributed by atoms with E-state index in [0.29, 0.717) is 22.0 Å². The van der Waals surface area contributed by atoms with Crippen molar-refractivity contribution >= 4 is 22.6 Å². The molecule has 0 aliphatic heterocycles. The van der Waals surface area contributed by atoms with E-state index in [9.17, 15) is 4.39 Å². The number of aliphatic imine (C=N–C) groups is 1. The van der Waals surface area contributed by atoms with Gasteiger partial charge in [0, 0.05) is 18.0 Å². The maximum atomic E-state index is 13.7. The van der Waals surface area contributed by atoms with Gasteiger partial charge < -0.3 is 4.42 Å². The Morgan fingerprint density at radius 3 is 2.72 bits per heavy atom. The number of benzene rings is 1. The van der Waals surface area contributed by atoms with E-state index in [-0.39, 0.29) is 11.8 Å². The van der Waals surface area contributed by atoms with Crippen molar-refractivity contribution in [3.05, 3.63) is 48.5 Å². The number of halogens is 1. The summed E-state index contributed by atoms with van der Waals surface area (Å²) in [4.78, 5) is 8.24. The Bertz CT molecular complexity index is 951. The highest BCUT2D eigenvalue weighted by Crippen LogP contribution is 2.32. The van der Waals surface area contributed by atoms with Gasteiger partial charge >= 0.3 is 0 Å². The van der Waals surface area contributed by atoms with E-state index in [1.54, 1.807) is 37.0 Å². The van der Waals surface area contributed by atoms with Crippen LogP contribution in [0.15, 0.2) is 52.1 Å². The molecule has 0 fully saturated rings. The fraction of sp³-hybridized carbons (Fsp3) is 0.0625. The van der Waals surface area contributed by atoms with Gasteiger partial charge in [-0.05, 0) is 36.6 Å². The van der Waals surface area contributed by atoms with Gasteiger partial charge in [0.05, 0.1) is 11.3 Å². The van der Waals surface area contributed by atoms with Crippen molar-refractivity contribution in [3.63, 3.8) is 0 Å². The molecule has 0 radical (unpaired) electrons. The Morgan fingerprint density at radius 2 is 2.00 bits per heavy atom. The molecule has 0 amide bonds. The van der Waals surface area contributed by atoms with Gasteiger partial charge in [0.25, 0.3) is 0 Å². The molecule has 0 saturated carbocycles. The van der Waals surface area contributed by atoms with Crippen molar-refractivity contribution in [2.24, 2.45) is 4.99 Å². The van der Waals surface area contributed by atoms with E-state index in [2.05, 4.69) is 25.5 Å². The number of nitriles is 1. The molecule has 7 nitrogen and oxygen atoms in total. The molecule has 0 unspecified atom stereocenters. The van der Waals surface area contributed by atoms with Crippen molar-refractivity contribution in [2.75, 3.05) is 6.26 Å². The molecule has 0 bridgehead atoms. The van der Waals surface area contributed by atoms with Gasteiger partial charge in [-0.15, -0.1) is 10.2 Å². The molecule has 0 aliphatic carbocycles. The molecule has 1 aromatic carbocycles. The predicted octanol–water partition coefficient (Wildman–Crippen LogP) is 3.36. The molecule has 0 aliphatic rings. The van der Waals surface area contributed by atoms with Crippen LogP contribution >= 0.6 is 11.8 Å². The summed E-state index contributed by atoms with van der Waals surface area (Å²) >= 11 is 1.25. The smallest absolute Gasteiger partial charge is 0.250 e. The molecule has 0 saturated heterocycles. The van der Waals surface area contributed by atoms with E-state index in [1.807, 2.05) is 0 Å². The second-order valence-electron chi connectivity index (χ2n) is 4.67. The van der Waals surface area contributed by atoms with Crippen molar-refractivity contribution in [2.45, 2.75) is 0 Å². The average Bonchev–Trinajstić information content (AvgIpc) is 3.13. The summed E-state index contributed by atoms with van der Waals surface area (Å²) in [6, 6.07) is 7.46. The molecule has 1 N–H and O–H groups in total. The Labute approximate surface area is 146 Å². The number of nitrogens with zero attached hydrogens (tertiary/aromatic N) is 5. The highest BCUT2D eigenvalue weighted by atomic mass is 32.2. The summed E-state index contributed by atoms with van der Waals surface area (Å²) in [5, 5.41) is 19.5. The fourth-order valence-electron chi connectivity index (χ4n) is 2.00. The van der Waals surface area contributed by atoms with Crippen LogP contribution in [0.4, 0.5) is 10.1 Å². The van der Waals surface area contributed by atoms with Crippen molar-refractivity contribution in [3.8, 4) is 29.1 Å². The van der Waals surface area contributed by atoms with Gasteiger partial charge in [-0.25, -0.2) is 9.38 Å². The zero-order valence-corrected chi connectivity index (χ0v) is 13.8. The topological polar surface area (TPSA) is 100.0 Å². The molecule has 25 heavy (non-hydrogen) atoms. The van der Waals surface area contributed by atoms with E-state index in [1.165, 1.54) is 30.0 Å². The van der Waals surface area contributed by atoms with Crippen LogP contribution in [0.2, 0.25) is 0 Å². The van der Waals surface area contributed by atoms with Gasteiger partial charge in [0.2, 0.25) is 11.8 Å². The van der Waals surface area contributed by atoms with E-state index in [4.69, 9.17) is 9.68 Å². The molecular formula is C16H11FN6OS. The molecule has 0 atom stereocenters. The Balaban J connectivity index is 2.04. The number of aromatic nitrogens is 3. The lowest BCUT2D eigenvalue weighted by Gasteiger charge is -2.04. The van der Waals surface area contributed by atoms with E-state index < -0.39 is 5.82 Å². The Kier molecular flexibility index (Phi) is 5.01. The third-order valence-corrected chi connectivity index (χ3v) is 3.70. The monoisotopic (exact) mass is 354 g/mol. The molecular weight excluding hydrogens is 343 g/mol. The minimum absolute atomic E-state index is 0.127. The summed E-state index contributed by atoms with van der Waals surface area (Å²) in [7, 11) is 0. The van der Waals surface area contributed by atoms with Crippen LogP contribution in [-0.2, 0) is 0 Å². The second kappa shape index (κ2) is 7.55. The fourth-order valence-corrected chi connectivity index (χ4v) is 2.34. The third kappa shape index (κ3) is 3.81. The molecule has 124 valence electrons. The third-order valence-electron chi connectivity index (χ3n) is 3.12. The molecule has 2 aromatic heterocycles. The SMILES string of the molecule is CSC(=Nc1ccc(F)cc1-c1nnc(-c2ccncc2)o1)NC#N. The quantitative estimate of drug-likeness (QED) is 0.333. The first-order valence-electron chi connectivity index (χ1n) is 7.03. The number of hydrogen-bond acceptors (Lipinski definition) is 7. The van der Waals surface area contributed by atoms with Crippen LogP contribution in [0.1, 0.15) is 0 Å². The highest BCUT2D eigenvalue weighted by molar-refractivity contribution is 8.13. The minimum atomic E-state index is -0.462. The summed E-state index contributed by atoms with van der Waals surface area (Å²) in [5.74, 6) is -0.0455. The molecule has 9 heteroatoms. The normalized spacial score (nSPS) is 11.2. The lowest BCUT2D eigenvalue weighted by Crippen LogP contribution is -2.12. The molecule has 3 aromatic rings. The van der Waals surface area contributed by atoms with Gasteiger partial charge in [-0.3, -0.25) is 10.3 Å². The van der Waals surface area contributed by atoms with Crippen LogP contribution in [0.5, 0.6) is 0 Å². The van der Waals surface area contributed by atoms with Gasteiger partial charge in [0.1, 0.15) is 5.82 Å². The van der Waals surface area contributed by atoms with E-state index in [0.717, 1.165) is 0 Å². The van der Waals surface area contributed by atoms with Gasteiger partial charge in [-0.2, -0.15) is 5.26 Å². The summed E-state index contributed by atoms with van der Waals surface area (Å²) < 4.78 is 19.4. The van der Waals surface area contributed by atoms with Gasteiger partial charge in [0.15, 0.2) is 11.4 Å². The maximum absolute atomic E-state index is 13.7. The first-order valence-corrected chi connectivity index (χ1v) is 8.25. The van der Waals surface area contributed by atoms with Crippen molar-refractivity contribution < 1.29 is 8.81 Å². The predicted molar refractivity (Wildman–Crippen MR) is 92.3 cm³/mol. The largest absolute Gasteiger partial charge is 0.416 e. The number of thioether (sulfide) groups is 1. The summed E-state index contributed by atoms with van der Waals surface area (Å²) in [5.41, 5.74) is 1.43. The van der Waals surface area contributed by atoms with Gasteiger partial charge in [-0.1, -0.05) is 11.8 Å². The average molecular weight is 354 g/mol. The zero-order valence-electron chi connectivity index (χ0n) is 13.0. The van der Waals surface area contributed by atoms with Crippen LogP contribution < -0.4 is 5.32 Å². The minimum Gasteiger partial charge on any atom is -0.416 e. The van der Waals surface area contributed by atoms with Crippen LogP contribution in [-0.4, -0.2) is 26.6 Å². The first kappa shape index (κ1) is 16.6. The number of pyridine rings is 1. The van der Waals surface area contributed by atoms with E-state index >= 15 is 0 Å². The maximum Gasteiger partial charge on any atom is 0.250 e. The zero-order chi connectivity index (χ0) is 17.6. The Hall–Kier alpha value is -3.25. The molecule has 0 spiro atoms. The standard InChI is InChI=1S/C16H11FN6OS/c1-25-16(20-9-18)21-13-3-2-11(17)8-12(13)15-23-22-14(24-15)10-4-6-19-7-5-10/h2-8H,1H3,(H,20,21). The van der Waals surface area contributed by atoms with Crippen LogP contribution in [0.3, 0.4) is 0 Å². The molecule has 3 rings (SSSR count). The highest BCUT2D eigenvalue weighted by Gasteiger charge is 2.15. The lowest BCUT2D eigenvalue weighted by molar-refractivity contribution is 0.582. The number of rotatable bonds is 3. The number of nitrogens with one attached hydrogen (secondary N) is 1. The molecule has 2 heterocycles. The second-order valence-corrected chi connectivity index (χ2v) is 5.46. The summed E-state index contributed by atoms with van der Waals surface area (Å²) in [6.07, 6.45) is 6.78. The van der Waals surface area contributed by atoms with Crippen LogP contribution in [0.25, 0.3) is 22.9 Å². The number of amidine groups is 1. The Morgan fingerprint density at radius 1 is 1.24 bits per heavy atom.